The number of hydrogen-bond acceptors (Lipinski definition) is 6. The van der Waals surface area contributed by atoms with Gasteiger partial charge in [0.25, 0.3) is 0 Å². The van der Waals surface area contributed by atoms with E-state index in [0.717, 1.165) is 38.5 Å². The lowest BCUT2D eigenvalue weighted by Gasteiger charge is -2.24. The second kappa shape index (κ2) is 41.3. The summed E-state index contributed by atoms with van der Waals surface area (Å²) in [4.78, 5) is 22.9. The van der Waals surface area contributed by atoms with Gasteiger partial charge in [0.05, 0.1) is 34.0 Å². The predicted octanol–water partition coefficient (Wildman–Crippen LogP) is 14.5. The SMILES string of the molecule is CCCCCCCC/C=C\CCCCCC/C=C\OC[C@H](COP(=O)(O)OCC[N+](C)(C)C)OC(=O)CCCCCCCCCCC/C=C\CCCCCCCC. The summed E-state index contributed by atoms with van der Waals surface area (Å²) >= 11 is 0. The zero-order valence-electron chi connectivity index (χ0n) is 38.1. The summed E-state index contributed by atoms with van der Waals surface area (Å²) in [7, 11) is 1.63. The second-order valence-corrected chi connectivity index (χ2v) is 18.6. The molecule has 0 amide bonds. The third-order valence-electron chi connectivity index (χ3n) is 10.2. The highest BCUT2D eigenvalue weighted by molar-refractivity contribution is 7.47. The van der Waals surface area contributed by atoms with Gasteiger partial charge in [-0.2, -0.15) is 0 Å². The second-order valence-electron chi connectivity index (χ2n) is 17.2. The Morgan fingerprint density at radius 1 is 0.544 bits per heavy atom. The lowest BCUT2D eigenvalue weighted by molar-refractivity contribution is -0.870. The van der Waals surface area contributed by atoms with Gasteiger partial charge < -0.3 is 18.9 Å². The molecule has 0 fully saturated rings. The summed E-state index contributed by atoms with van der Waals surface area (Å²) < 4.78 is 34.8. The fourth-order valence-corrected chi connectivity index (χ4v) is 7.25. The van der Waals surface area contributed by atoms with Crippen LogP contribution in [0, 0.1) is 0 Å². The van der Waals surface area contributed by atoms with Crippen LogP contribution in [-0.4, -0.2) is 69.0 Å². The Hall–Kier alpha value is -1.44. The molecular formula is C48H93NO7P+. The molecule has 8 nitrogen and oxygen atoms in total. The molecule has 0 spiro atoms. The molecule has 0 rings (SSSR count). The summed E-state index contributed by atoms with van der Waals surface area (Å²) in [5.41, 5.74) is 0. The number of phosphoric ester groups is 1. The van der Waals surface area contributed by atoms with Crippen molar-refractivity contribution in [2.45, 2.75) is 219 Å². The van der Waals surface area contributed by atoms with Crippen molar-refractivity contribution in [3.05, 3.63) is 36.6 Å². The Morgan fingerprint density at radius 2 is 0.930 bits per heavy atom. The molecule has 0 bridgehead atoms. The summed E-state index contributed by atoms with van der Waals surface area (Å²) in [5, 5.41) is 0. The monoisotopic (exact) mass is 827 g/mol. The number of quaternary nitrogens is 1. The number of ether oxygens (including phenoxy) is 2. The van der Waals surface area contributed by atoms with Crippen molar-refractivity contribution in [2.24, 2.45) is 0 Å². The minimum atomic E-state index is -4.29. The zero-order chi connectivity index (χ0) is 42.0. The Morgan fingerprint density at radius 3 is 1.35 bits per heavy atom. The van der Waals surface area contributed by atoms with Gasteiger partial charge in [-0.3, -0.25) is 13.8 Å². The maximum Gasteiger partial charge on any atom is 0.472 e. The number of unbranched alkanes of at least 4 members (excludes halogenated alkanes) is 26. The fourth-order valence-electron chi connectivity index (χ4n) is 6.51. The Bertz CT molecular complexity index is 1010. The molecule has 0 aliphatic carbocycles. The van der Waals surface area contributed by atoms with Crippen LogP contribution in [0.5, 0.6) is 0 Å². The van der Waals surface area contributed by atoms with E-state index in [1.54, 1.807) is 6.26 Å². The third kappa shape index (κ3) is 45.5. The van der Waals surface area contributed by atoms with E-state index in [1.165, 1.54) is 154 Å². The van der Waals surface area contributed by atoms with Crippen LogP contribution in [0.15, 0.2) is 36.6 Å². The molecule has 0 aliphatic heterocycles. The number of esters is 1. The molecular weight excluding hydrogens is 734 g/mol. The number of carbonyl (C=O) groups is 1. The van der Waals surface area contributed by atoms with E-state index in [4.69, 9.17) is 18.5 Å². The molecule has 57 heavy (non-hydrogen) atoms. The molecule has 0 aromatic heterocycles. The lowest BCUT2D eigenvalue weighted by Crippen LogP contribution is -2.37. The van der Waals surface area contributed by atoms with Gasteiger partial charge in [0.15, 0.2) is 6.10 Å². The Labute approximate surface area is 353 Å². The molecule has 0 saturated carbocycles. The van der Waals surface area contributed by atoms with Gasteiger partial charge in [-0.1, -0.05) is 160 Å². The van der Waals surface area contributed by atoms with Gasteiger partial charge in [-0.05, 0) is 76.7 Å². The van der Waals surface area contributed by atoms with Crippen molar-refractivity contribution >= 4 is 13.8 Å². The van der Waals surface area contributed by atoms with Crippen LogP contribution >= 0.6 is 7.82 Å². The average Bonchev–Trinajstić information content (AvgIpc) is 3.16. The largest absolute Gasteiger partial charge is 0.498 e. The van der Waals surface area contributed by atoms with E-state index < -0.39 is 13.9 Å². The van der Waals surface area contributed by atoms with Crippen molar-refractivity contribution in [1.82, 2.24) is 0 Å². The minimum Gasteiger partial charge on any atom is -0.498 e. The van der Waals surface area contributed by atoms with Crippen LogP contribution in [0.2, 0.25) is 0 Å². The summed E-state index contributed by atoms with van der Waals surface area (Å²) in [6.07, 6.45) is 49.9. The Kier molecular flexibility index (Phi) is 40.3. The average molecular weight is 827 g/mol. The van der Waals surface area contributed by atoms with Gasteiger partial charge in [0, 0.05) is 6.42 Å². The van der Waals surface area contributed by atoms with E-state index in [9.17, 15) is 14.3 Å². The number of hydrogen-bond donors (Lipinski definition) is 1. The molecule has 1 unspecified atom stereocenters. The third-order valence-corrected chi connectivity index (χ3v) is 11.2. The quantitative estimate of drug-likeness (QED) is 0.0163. The van der Waals surface area contributed by atoms with Crippen molar-refractivity contribution in [3.63, 3.8) is 0 Å². The van der Waals surface area contributed by atoms with Crippen molar-refractivity contribution < 1.29 is 37.3 Å². The fraction of sp³-hybridized carbons (Fsp3) is 0.854. The van der Waals surface area contributed by atoms with Gasteiger partial charge in [-0.25, -0.2) is 4.57 Å². The first-order valence-electron chi connectivity index (χ1n) is 23.8. The predicted molar refractivity (Wildman–Crippen MR) is 242 cm³/mol. The van der Waals surface area contributed by atoms with Crippen molar-refractivity contribution in [3.8, 4) is 0 Å². The van der Waals surface area contributed by atoms with Gasteiger partial charge in [-0.15, -0.1) is 0 Å². The molecule has 0 aromatic rings. The highest BCUT2D eigenvalue weighted by atomic mass is 31.2. The van der Waals surface area contributed by atoms with Crippen molar-refractivity contribution in [1.29, 1.82) is 0 Å². The number of carbonyl (C=O) groups excluding carboxylic acids is 1. The van der Waals surface area contributed by atoms with Crippen LogP contribution in [0.1, 0.15) is 213 Å². The molecule has 0 aromatic carbocycles. The van der Waals surface area contributed by atoms with Crippen LogP contribution in [0.4, 0.5) is 0 Å². The number of nitrogens with zero attached hydrogens (tertiary/aromatic N) is 1. The molecule has 0 radical (unpaired) electrons. The first kappa shape index (κ1) is 55.6. The van der Waals surface area contributed by atoms with Gasteiger partial charge in [0.1, 0.15) is 19.8 Å². The molecule has 0 aliphatic rings. The van der Waals surface area contributed by atoms with Gasteiger partial charge >= 0.3 is 13.8 Å². The van der Waals surface area contributed by atoms with Crippen LogP contribution < -0.4 is 0 Å². The van der Waals surface area contributed by atoms with Crippen LogP contribution in [0.25, 0.3) is 0 Å². The summed E-state index contributed by atoms with van der Waals surface area (Å²) in [6.45, 7) is 4.93. The molecule has 0 saturated heterocycles. The standard InChI is InChI=1S/C48H92NO7P/c1-6-8-10-12-14-16-18-20-22-24-25-26-27-29-31-33-35-37-39-41-48(50)56-47(46-55-57(51,52)54-44-42-49(3,4)5)45-53-43-40-38-36-34-32-30-28-23-21-19-17-15-13-11-9-7-2/h20-23,40,43,47H,6-19,24-39,41-42,44-46H2,1-5H3/p+1/b22-20-,23-21-,43-40-/t47-/m1/s1. The van der Waals surface area contributed by atoms with E-state index in [2.05, 4.69) is 38.2 Å². The Balaban J connectivity index is 4.24. The zero-order valence-corrected chi connectivity index (χ0v) is 39.0. The van der Waals surface area contributed by atoms with E-state index in [1.807, 2.05) is 27.2 Å². The normalized spacial score (nSPS) is 13.9. The van der Waals surface area contributed by atoms with Crippen LogP contribution in [-0.2, 0) is 27.9 Å². The number of likely N-dealkylation sites (N-methyl/N-ethyl adjacent to an activating group) is 1. The molecule has 0 heterocycles. The minimum absolute atomic E-state index is 0.0433. The number of phosphoric acid groups is 1. The van der Waals surface area contributed by atoms with Crippen LogP contribution in [0.3, 0.4) is 0 Å². The smallest absolute Gasteiger partial charge is 0.472 e. The highest BCUT2D eigenvalue weighted by Crippen LogP contribution is 2.43. The van der Waals surface area contributed by atoms with Gasteiger partial charge in [0.2, 0.25) is 0 Å². The maximum atomic E-state index is 12.7. The molecule has 336 valence electrons. The molecule has 9 heteroatoms. The molecule has 2 atom stereocenters. The van der Waals surface area contributed by atoms with Crippen molar-refractivity contribution in [2.75, 3.05) is 47.5 Å². The lowest BCUT2D eigenvalue weighted by atomic mass is 10.1. The van der Waals surface area contributed by atoms with E-state index in [-0.39, 0.29) is 25.8 Å². The topological polar surface area (TPSA) is 91.3 Å². The summed E-state index contributed by atoms with van der Waals surface area (Å²) in [5.74, 6) is -0.340. The molecule has 1 N–H and O–H groups in total. The van der Waals surface area contributed by atoms with E-state index in [0.29, 0.717) is 17.4 Å². The first-order chi connectivity index (χ1) is 27.6. The summed E-state index contributed by atoms with van der Waals surface area (Å²) in [6, 6.07) is 0. The number of allylic oxidation sites excluding steroid dienone is 5. The maximum absolute atomic E-state index is 12.7. The first-order valence-corrected chi connectivity index (χ1v) is 25.3. The highest BCUT2D eigenvalue weighted by Gasteiger charge is 2.26. The van der Waals surface area contributed by atoms with E-state index >= 15 is 0 Å². The number of rotatable bonds is 44.